The second-order valence-corrected chi connectivity index (χ2v) is 39.7. The number of likely N-dealkylation sites (N-methyl/N-ethyl adjacent to an activating group) is 3. The molecule has 4 aromatic heterocycles. The fourth-order valence-corrected chi connectivity index (χ4v) is 24.0. The molecule has 6 aromatic rings. The number of thiophene rings is 2. The van der Waals surface area contributed by atoms with E-state index < -0.39 is 141 Å². The van der Waals surface area contributed by atoms with Gasteiger partial charge >= 0.3 is 23.9 Å². The van der Waals surface area contributed by atoms with Crippen LogP contribution in [0.5, 0.6) is 11.5 Å². The number of hydrogen-bond donors (Lipinski definition) is 10. The zero-order valence-corrected chi connectivity index (χ0v) is 75.2. The molecule has 122 heavy (non-hydrogen) atoms. The lowest BCUT2D eigenvalue weighted by atomic mass is 10.0. The maximum absolute atomic E-state index is 13.4. The van der Waals surface area contributed by atoms with Crippen molar-refractivity contribution in [1.82, 2.24) is 54.8 Å². The Bertz CT molecular complexity index is 5550. The highest BCUT2D eigenvalue weighted by Gasteiger charge is 2.43. The summed E-state index contributed by atoms with van der Waals surface area (Å²) in [5.41, 5.74) is 7.63. The monoisotopic (exact) mass is 1810 g/mol. The molecule has 10 N–H and O–H groups in total. The number of methoxy groups -OCH3 is 1. The van der Waals surface area contributed by atoms with E-state index in [-0.39, 0.29) is 78.2 Å². The lowest BCUT2D eigenvalue weighted by Crippen LogP contribution is -2.43. The second-order valence-electron chi connectivity index (χ2n) is 29.1. The third kappa shape index (κ3) is 22.9. The van der Waals surface area contributed by atoms with Gasteiger partial charge in [0.1, 0.15) is 28.3 Å². The first-order valence-corrected chi connectivity index (χ1v) is 47.4. The summed E-state index contributed by atoms with van der Waals surface area (Å²) in [7, 11) is -15.4. The van der Waals surface area contributed by atoms with Crippen LogP contribution in [-0.2, 0) is 92.5 Å². The maximum Gasteiger partial charge on any atom is 0.311 e. The average Bonchev–Trinajstić information content (AvgIpc) is 1.58. The third-order valence-electron chi connectivity index (χ3n) is 20.8. The van der Waals surface area contributed by atoms with Gasteiger partial charge in [0.2, 0.25) is 0 Å². The number of H-pyrrole nitrogens is 2. The van der Waals surface area contributed by atoms with E-state index in [0.717, 1.165) is 40.0 Å². The van der Waals surface area contributed by atoms with E-state index in [4.69, 9.17) is 23.7 Å². The highest BCUT2D eigenvalue weighted by atomic mass is 32.3. The number of ether oxygens (including phenoxy) is 5. The van der Waals surface area contributed by atoms with Gasteiger partial charge < -0.3 is 75.4 Å². The highest BCUT2D eigenvalue weighted by Crippen LogP contribution is 2.45. The molecule has 42 heteroatoms. The van der Waals surface area contributed by atoms with Crippen molar-refractivity contribution in [1.29, 1.82) is 0 Å². The Labute approximate surface area is 717 Å². The van der Waals surface area contributed by atoms with Gasteiger partial charge in [-0.15, -0.1) is 22.7 Å². The minimum atomic E-state index is -4.59. The van der Waals surface area contributed by atoms with E-state index in [9.17, 15) is 81.6 Å². The van der Waals surface area contributed by atoms with E-state index in [2.05, 4.69) is 79.4 Å². The van der Waals surface area contributed by atoms with Crippen LogP contribution in [0.2, 0.25) is 0 Å². The van der Waals surface area contributed by atoms with Gasteiger partial charge in [0, 0.05) is 121 Å². The smallest absolute Gasteiger partial charge is 0.311 e. The predicted molar refractivity (Wildman–Crippen MR) is 456 cm³/mol. The summed E-state index contributed by atoms with van der Waals surface area (Å²) in [6.07, 6.45) is -1.19. The number of fused-ring (bicyclic) bond motifs is 4. The molecule has 36 nitrogen and oxygen atoms in total. The Morgan fingerprint density at radius 3 is 1.42 bits per heavy atom. The van der Waals surface area contributed by atoms with Crippen molar-refractivity contribution in [3.05, 3.63) is 116 Å². The largest absolute Gasteiger partial charge is 0.452 e. The topological polar surface area (TPSA) is 491 Å². The first-order valence-electron chi connectivity index (χ1n) is 39.8. The SMILES string of the molecule is CCN[C@@H]1CN(CCCOC)S(=O)(=O)c2sc(S(=O)(=O)NC(=O)C(C)OC(=O)CCC(=O)Oc3ccc4c(c3)/C(=C/c3[nH]c(C)c(C(=O)NCCN(CC)CC)c3C)C(=O)N4)cc21.CCN[C@@H]1C[C@@H](C)S(=O)(=O)c2sc(S(=O)(=O)NC(=O)C(C)OC(=O)CCC(=O)Oc3ccc4c(c3)/C(=C/c3[nH]c(C)c(C(=O)NCCN(CC)CC)c3C)C(=O)N4)cc21. The summed E-state index contributed by atoms with van der Waals surface area (Å²) in [6, 6.07) is 10.6. The molecule has 0 bridgehead atoms. The van der Waals surface area contributed by atoms with Crippen molar-refractivity contribution < 1.29 is 105 Å². The number of esters is 4. The van der Waals surface area contributed by atoms with Crippen molar-refractivity contribution in [3.63, 3.8) is 0 Å². The number of sulfone groups is 1. The van der Waals surface area contributed by atoms with Gasteiger partial charge in [-0.05, 0) is 172 Å². The van der Waals surface area contributed by atoms with Crippen LogP contribution in [0, 0.1) is 27.7 Å². The van der Waals surface area contributed by atoms with Gasteiger partial charge in [-0.25, -0.2) is 43.1 Å². The molecule has 2 aromatic carbocycles. The second kappa shape index (κ2) is 41.5. The van der Waals surface area contributed by atoms with Crippen LogP contribution in [0.15, 0.2) is 65.4 Å². The molecule has 0 fully saturated rings. The molecule has 2 unspecified atom stereocenters. The van der Waals surface area contributed by atoms with Gasteiger partial charge in [0.05, 0.1) is 53.2 Å². The molecule has 5 atom stereocenters. The highest BCUT2D eigenvalue weighted by molar-refractivity contribution is 7.96. The summed E-state index contributed by atoms with van der Waals surface area (Å²) in [6.45, 7) is 30.4. The van der Waals surface area contributed by atoms with E-state index in [1.807, 2.05) is 23.3 Å². The molecule has 4 aliphatic rings. The number of nitrogens with zero attached hydrogens (tertiary/aromatic N) is 3. The van der Waals surface area contributed by atoms with E-state index in [0.29, 0.717) is 148 Å². The maximum atomic E-state index is 13.4. The van der Waals surface area contributed by atoms with E-state index >= 15 is 0 Å². The Morgan fingerprint density at radius 2 is 1.00 bits per heavy atom. The number of hydrogen-bond acceptors (Lipinski definition) is 29. The lowest BCUT2D eigenvalue weighted by Gasteiger charge is -2.32. The number of aromatic nitrogens is 2. The molecule has 0 spiro atoms. The van der Waals surface area contributed by atoms with Crippen molar-refractivity contribution in [2.75, 3.05) is 103 Å². The van der Waals surface area contributed by atoms with Crippen molar-refractivity contribution in [2.45, 2.75) is 175 Å². The van der Waals surface area contributed by atoms with Crippen molar-refractivity contribution in [3.8, 4) is 11.5 Å². The van der Waals surface area contributed by atoms with Crippen LogP contribution in [0.1, 0.15) is 190 Å². The minimum absolute atomic E-state index is 0.0796. The molecule has 0 radical (unpaired) electrons. The zero-order valence-electron chi connectivity index (χ0n) is 70.3. The Morgan fingerprint density at radius 1 is 0.590 bits per heavy atom. The molecule has 6 amide bonds. The molecule has 0 saturated carbocycles. The summed E-state index contributed by atoms with van der Waals surface area (Å²) in [5.74, 6) is -7.07. The Balaban J connectivity index is 0.000000278. The van der Waals surface area contributed by atoms with Gasteiger partial charge in [0.15, 0.2) is 22.0 Å². The van der Waals surface area contributed by atoms with E-state index in [1.165, 1.54) is 47.8 Å². The summed E-state index contributed by atoms with van der Waals surface area (Å²) < 4.78 is 136. The zero-order chi connectivity index (χ0) is 89.6. The van der Waals surface area contributed by atoms with Gasteiger partial charge in [-0.1, -0.05) is 41.5 Å². The van der Waals surface area contributed by atoms with Crippen LogP contribution in [0.25, 0.3) is 23.3 Å². The molecule has 664 valence electrons. The standard InChI is InChI=1S/C41H55N7O12S3.C39H50N6O11S3/c1-8-42-33-23-48(17-11-19-58-7)63(56,57)41-30(33)22-36(61-41)62(54,55)46-38(51)26(6)59-34(49)14-15-35(50)60-27-12-13-31-28(20-27)29(39(52)45-31)21-32-24(4)37(25(5)44-32)40(53)43-16-18-47(9-2)10-3;1-8-40-31-17-21(4)58(51,52)39-28(31)20-34(57-39)59(53,54)44-36(48)24(7)55-32(46)13-14-33(47)56-25-11-12-29-26(18-25)27(37(49)43-29)19-30-22(5)35(23(6)42-30)38(50)41-15-16-45(9-2)10-3/h12-13,20-22,26,33,42,44H,8-11,14-19,23H2,1-7H3,(H,43,53)(H,45,52)(H,46,51);11-12,18-21,24,31,40,42H,8-10,13-17H2,1-7H3,(H,41,50)(H,43,49)(H,44,48)/b29-21-;27-19-/t26?,33-;21-,24?,31-/m11/s1. The third-order valence-corrected chi connectivity index (χ3v) is 31.8. The van der Waals surface area contributed by atoms with Gasteiger partial charge in [-0.3, -0.25) is 47.9 Å². The van der Waals surface area contributed by atoms with Crippen LogP contribution in [0.4, 0.5) is 11.4 Å². The van der Waals surface area contributed by atoms with Crippen LogP contribution in [-0.4, -0.2) is 227 Å². The molecular formula is C80H105N13O23S6. The molecule has 10 rings (SSSR count). The Hall–Kier alpha value is -9.86. The van der Waals surface area contributed by atoms with Crippen LogP contribution < -0.4 is 50.8 Å². The minimum Gasteiger partial charge on any atom is -0.452 e. The number of benzene rings is 2. The number of carbonyl (C=O) groups is 10. The molecule has 0 aliphatic carbocycles. The quantitative estimate of drug-likeness (QED) is 0.00837. The molecule has 8 heterocycles. The summed E-state index contributed by atoms with van der Waals surface area (Å²) in [5, 5.41) is 17.1. The van der Waals surface area contributed by atoms with E-state index in [1.54, 1.807) is 58.9 Å². The van der Waals surface area contributed by atoms with Crippen LogP contribution >= 0.6 is 22.7 Å². The first-order chi connectivity index (χ1) is 57.6. The fraction of sp³-hybridized carbons (Fsp3) is 0.475. The van der Waals surface area contributed by atoms with Crippen molar-refractivity contribution >= 4 is 157 Å². The van der Waals surface area contributed by atoms with Crippen LogP contribution in [0.3, 0.4) is 0 Å². The van der Waals surface area contributed by atoms with Gasteiger partial charge in [0.25, 0.3) is 65.5 Å². The molecule has 0 saturated heterocycles. The number of aromatic amines is 2. The fourth-order valence-electron chi connectivity index (χ4n) is 14.0. The first kappa shape index (κ1) is 96.0. The average molecular weight is 1810 g/mol. The summed E-state index contributed by atoms with van der Waals surface area (Å²) >= 11 is 1.06. The number of carbonyl (C=O) groups excluding carboxylic acids is 10. The molecular weight excluding hydrogens is 1700 g/mol. The predicted octanol–water partition coefficient (Wildman–Crippen LogP) is 6.67. The normalized spacial score (nSPS) is 17.5. The van der Waals surface area contributed by atoms with Crippen molar-refractivity contribution in [2.24, 2.45) is 0 Å². The Kier molecular flexibility index (Phi) is 32.7. The number of anilines is 2. The number of aryl methyl sites for hydroxylation is 2. The number of sulfonamides is 3. The van der Waals surface area contributed by atoms with Gasteiger partial charge in [-0.2, -0.15) is 4.31 Å². The molecule has 4 aliphatic heterocycles. The lowest BCUT2D eigenvalue weighted by molar-refractivity contribution is -0.155. The summed E-state index contributed by atoms with van der Waals surface area (Å²) in [4.78, 5) is 140. The number of nitrogens with one attached hydrogen (secondary N) is 10. The number of rotatable bonds is 38. The number of amides is 6.